The molecule has 0 saturated carbocycles. The Bertz CT molecular complexity index is 3780. The maximum absolute atomic E-state index is 12.7. The Labute approximate surface area is 439 Å². The number of hydrogen-bond donors (Lipinski definition) is 1. The number of aromatic hydroxyl groups is 1. The van der Waals surface area contributed by atoms with Gasteiger partial charge in [-0.25, -0.2) is 9.97 Å². The number of aromatic nitrogens is 4. The number of furan rings is 1. The number of hydrogen-bond acceptors (Lipinski definition) is 5. The van der Waals surface area contributed by atoms with Crippen LogP contribution >= 0.6 is 0 Å². The average Bonchev–Trinajstić information content (AvgIpc) is 3.90. The minimum absolute atomic E-state index is 0. The van der Waals surface area contributed by atoms with Gasteiger partial charge in [-0.05, 0) is 109 Å². The number of imidazole rings is 1. The van der Waals surface area contributed by atoms with Gasteiger partial charge >= 0.3 is 0 Å². The Morgan fingerprint density at radius 2 is 1.31 bits per heavy atom. The monoisotopic (exact) mass is 1130 g/mol. The maximum atomic E-state index is 12.7. The van der Waals surface area contributed by atoms with Crippen LogP contribution in [0.1, 0.15) is 131 Å². The van der Waals surface area contributed by atoms with E-state index in [0.717, 1.165) is 107 Å². The van der Waals surface area contributed by atoms with Gasteiger partial charge in [-0.15, -0.1) is 17.7 Å². The third kappa shape index (κ3) is 8.09. The number of para-hydroxylation sites is 2. The van der Waals surface area contributed by atoms with Gasteiger partial charge in [0.15, 0.2) is 0 Å². The first-order valence-electron chi connectivity index (χ1n) is 25.3. The maximum Gasteiger partial charge on any atom is 0.148 e. The van der Waals surface area contributed by atoms with E-state index in [1.165, 1.54) is 16.7 Å². The van der Waals surface area contributed by atoms with Gasteiger partial charge in [0.25, 0.3) is 0 Å². The zero-order valence-electron chi connectivity index (χ0n) is 44.0. The van der Waals surface area contributed by atoms with Crippen LogP contribution in [-0.2, 0) is 48.1 Å². The van der Waals surface area contributed by atoms with Gasteiger partial charge in [-0.3, -0.25) is 9.55 Å². The Kier molecular flexibility index (Phi) is 11.7. The summed E-state index contributed by atoms with van der Waals surface area (Å²) in [5, 5.41) is 15.7. The van der Waals surface area contributed by atoms with Gasteiger partial charge in [0.2, 0.25) is 0 Å². The van der Waals surface area contributed by atoms with Crippen molar-refractivity contribution in [1.29, 1.82) is 0 Å². The number of fused-ring (bicyclic) bond motifs is 7. The van der Waals surface area contributed by atoms with Crippen LogP contribution in [0.25, 0.3) is 94.5 Å². The third-order valence-corrected chi connectivity index (χ3v) is 15.4. The SMILES string of the molecule is CC(C)(C)c1ccc(-n2c(-c3cc(C(C)(C)C)cc(C(C)(C)C)c3O)nc3c(-c4[c-]c(-c5ncnc6c7c(ccc56)C(C)(C)CCC7(C)C)c5oc6ccccc6c5c4)cccc32)c(-c2ccccc2)c1.[Pt]. The summed E-state index contributed by atoms with van der Waals surface area (Å²) < 4.78 is 9.11. The van der Waals surface area contributed by atoms with Crippen LogP contribution in [-0.4, -0.2) is 24.6 Å². The molecule has 1 N–H and O–H groups in total. The molecule has 0 unspecified atom stereocenters. The van der Waals surface area contributed by atoms with Crippen LogP contribution in [0.5, 0.6) is 5.75 Å². The quantitative estimate of drug-likeness (QED) is 0.174. The molecule has 1 aliphatic rings. The third-order valence-electron chi connectivity index (χ3n) is 15.4. The first-order chi connectivity index (χ1) is 33.5. The van der Waals surface area contributed by atoms with E-state index < -0.39 is 0 Å². The van der Waals surface area contributed by atoms with Crippen molar-refractivity contribution in [2.45, 2.75) is 130 Å². The van der Waals surface area contributed by atoms with Gasteiger partial charge in [-0.1, -0.05) is 186 Å². The molecule has 1 aliphatic carbocycles. The molecule has 0 fully saturated rings. The van der Waals surface area contributed by atoms with Crippen molar-refractivity contribution < 1.29 is 30.6 Å². The number of rotatable bonds is 5. The van der Waals surface area contributed by atoms with Crippen molar-refractivity contribution in [3.63, 3.8) is 0 Å². The summed E-state index contributed by atoms with van der Waals surface area (Å²) in [7, 11) is 0. The first kappa shape index (κ1) is 49.2. The van der Waals surface area contributed by atoms with Crippen molar-refractivity contribution in [2.75, 3.05) is 0 Å². The van der Waals surface area contributed by atoms with E-state index in [2.05, 4.69) is 210 Å². The van der Waals surface area contributed by atoms with Crippen molar-refractivity contribution in [3.05, 3.63) is 162 Å². The molecule has 3 aromatic heterocycles. The molecule has 11 rings (SSSR count). The second kappa shape index (κ2) is 17.1. The van der Waals surface area contributed by atoms with E-state index in [1.54, 1.807) is 6.33 Å². The molecular weight excluding hydrogens is 1060 g/mol. The predicted octanol–water partition coefficient (Wildman–Crippen LogP) is 17.3. The number of phenols is 1. The van der Waals surface area contributed by atoms with Crippen LogP contribution in [0.2, 0.25) is 0 Å². The van der Waals surface area contributed by atoms with Gasteiger partial charge in [0, 0.05) is 43.3 Å². The van der Waals surface area contributed by atoms with Gasteiger partial charge < -0.3 is 9.52 Å². The first-order valence-corrected chi connectivity index (χ1v) is 25.3. The minimum atomic E-state index is -0.351. The second-order valence-corrected chi connectivity index (χ2v) is 24.5. The molecule has 0 amide bonds. The molecular formula is C65H65N4O2Pt-. The summed E-state index contributed by atoms with van der Waals surface area (Å²) in [6.07, 6.45) is 3.91. The average molecular weight is 1130 g/mol. The zero-order valence-corrected chi connectivity index (χ0v) is 46.3. The predicted molar refractivity (Wildman–Crippen MR) is 295 cm³/mol. The zero-order chi connectivity index (χ0) is 50.2. The molecule has 0 aliphatic heterocycles. The standard InChI is InChI=1S/C65H65N4O2.Pt/c1-61(2,3)40-26-29-51(45(34-40)38-20-15-14-16-21-38)69-52-24-19-23-42(56(52)68-60(69)48-35-41(62(4,5)6)36-50(58(48)70)63(7,8)9)39-32-46-43-22-17-18-25-53(43)71-59(46)47(33-39)55-44-27-28-49-54(57(44)67-37-66-55)65(12,13)31-30-64(49,10)11;/h14-29,32,34-37,70H,30-31H2,1-13H3;/q-1;. The fourth-order valence-electron chi connectivity index (χ4n) is 11.1. The van der Waals surface area contributed by atoms with Crippen LogP contribution in [0.4, 0.5) is 0 Å². The molecule has 368 valence electrons. The summed E-state index contributed by atoms with van der Waals surface area (Å²) in [5.41, 5.74) is 16.6. The van der Waals surface area contributed by atoms with Crippen molar-refractivity contribution in [1.82, 2.24) is 19.5 Å². The van der Waals surface area contributed by atoms with Gasteiger partial charge in [0.1, 0.15) is 23.5 Å². The Balaban J connectivity index is 0.00000596. The summed E-state index contributed by atoms with van der Waals surface area (Å²) in [6, 6.07) is 47.1. The minimum Gasteiger partial charge on any atom is -0.507 e. The molecule has 0 spiro atoms. The molecule has 6 nitrogen and oxygen atoms in total. The van der Waals surface area contributed by atoms with E-state index in [0.29, 0.717) is 11.4 Å². The number of benzene rings is 7. The Morgan fingerprint density at radius 1 is 0.611 bits per heavy atom. The fourth-order valence-corrected chi connectivity index (χ4v) is 11.1. The van der Waals surface area contributed by atoms with E-state index >= 15 is 0 Å². The largest absolute Gasteiger partial charge is 0.507 e. The van der Waals surface area contributed by atoms with Crippen LogP contribution in [0, 0.1) is 6.07 Å². The van der Waals surface area contributed by atoms with Crippen LogP contribution in [0.15, 0.2) is 132 Å². The summed E-state index contributed by atoms with van der Waals surface area (Å²) in [5.74, 6) is 0.898. The normalized spacial score (nSPS) is 14.8. The topological polar surface area (TPSA) is 77.0 Å². The van der Waals surface area contributed by atoms with Gasteiger partial charge in [-0.2, -0.15) is 0 Å². The molecule has 72 heavy (non-hydrogen) atoms. The molecule has 10 aromatic rings. The van der Waals surface area contributed by atoms with E-state index in [4.69, 9.17) is 19.4 Å². The number of nitrogens with zero attached hydrogens (tertiary/aromatic N) is 4. The van der Waals surface area contributed by atoms with Crippen molar-refractivity contribution >= 4 is 43.9 Å². The van der Waals surface area contributed by atoms with Gasteiger partial charge in [0.05, 0.1) is 33.4 Å². The second-order valence-electron chi connectivity index (χ2n) is 24.5. The summed E-state index contributed by atoms with van der Waals surface area (Å²) in [4.78, 5) is 15.9. The smallest absolute Gasteiger partial charge is 0.148 e. The molecule has 0 radical (unpaired) electrons. The van der Waals surface area contributed by atoms with Crippen molar-refractivity contribution in [3.8, 4) is 56.3 Å². The molecule has 0 atom stereocenters. The molecule has 7 aromatic carbocycles. The van der Waals surface area contributed by atoms with Crippen molar-refractivity contribution in [2.24, 2.45) is 0 Å². The molecule has 7 heteroatoms. The Hall–Kier alpha value is -6.36. The Morgan fingerprint density at radius 3 is 2.03 bits per heavy atom. The number of phenolic OH excluding ortho intramolecular Hbond substituents is 1. The summed E-state index contributed by atoms with van der Waals surface area (Å²) in [6.45, 7) is 29.4. The van der Waals surface area contributed by atoms with Crippen LogP contribution in [0.3, 0.4) is 0 Å². The van der Waals surface area contributed by atoms with E-state index in [-0.39, 0.29) is 53.9 Å². The molecule has 0 saturated heterocycles. The molecule has 0 bridgehead atoms. The fraction of sp³-hybridized carbons (Fsp3) is 0.308. The van der Waals surface area contributed by atoms with E-state index in [9.17, 15) is 5.11 Å². The summed E-state index contributed by atoms with van der Waals surface area (Å²) >= 11 is 0. The van der Waals surface area contributed by atoms with E-state index in [1.807, 2.05) is 12.1 Å². The van der Waals surface area contributed by atoms with Crippen LogP contribution < -0.4 is 0 Å². The molecule has 3 heterocycles.